The Balaban J connectivity index is 1.78. The predicted molar refractivity (Wildman–Crippen MR) is 127 cm³/mol. The lowest BCUT2D eigenvalue weighted by atomic mass is 10.2. The summed E-state index contributed by atoms with van der Waals surface area (Å²) in [4.78, 5) is 0. The lowest BCUT2D eigenvalue weighted by molar-refractivity contribution is -0.146. The largest absolute Gasteiger partial charge is 0.491 e. The maximum Gasteiger partial charge on any atom is 0.163 e. The van der Waals surface area contributed by atoms with Crippen molar-refractivity contribution < 1.29 is 14.2 Å². The van der Waals surface area contributed by atoms with Crippen molar-refractivity contribution in [2.24, 2.45) is 0 Å². The van der Waals surface area contributed by atoms with Crippen molar-refractivity contribution in [2.75, 3.05) is 11.0 Å². The van der Waals surface area contributed by atoms with E-state index < -0.39 is 14.6 Å². The standard InChI is InChI=1S/C23H31IO3Si/c1-22(2,3)28(18-11-7-6-8-12-18)19-13-9-10-17(14-19)25-16-21-20(15-24)26-23(4,5)27-21/h6-14,20-21,28H,15-16H2,1-5H3/t20-,21+,28?/m1/s1. The zero-order chi connectivity index (χ0) is 20.4. The minimum atomic E-state index is -1.40. The lowest BCUT2D eigenvalue weighted by Gasteiger charge is -2.30. The number of alkyl halides is 1. The van der Waals surface area contributed by atoms with Crippen LogP contribution in [0.1, 0.15) is 34.6 Å². The Morgan fingerprint density at radius 2 is 1.61 bits per heavy atom. The molecule has 0 N–H and O–H groups in total. The SMILES string of the molecule is CC1(C)O[C@@H](COc2cccc([SiH](c3ccccc3)C(C)(C)C)c2)[C@@H](CI)O1. The second-order valence-electron chi connectivity index (χ2n) is 8.96. The number of hydrogen-bond donors (Lipinski definition) is 0. The Morgan fingerprint density at radius 3 is 2.25 bits per heavy atom. The van der Waals surface area contributed by atoms with E-state index in [1.807, 2.05) is 19.9 Å². The molecule has 152 valence electrons. The van der Waals surface area contributed by atoms with Crippen molar-refractivity contribution >= 4 is 41.8 Å². The molecule has 3 atom stereocenters. The molecule has 0 amide bonds. The van der Waals surface area contributed by atoms with Gasteiger partial charge in [0, 0.05) is 4.43 Å². The third kappa shape index (κ3) is 5.37. The summed E-state index contributed by atoms with van der Waals surface area (Å²) in [6, 6.07) is 19.6. The van der Waals surface area contributed by atoms with Gasteiger partial charge in [0.15, 0.2) is 5.79 Å². The first-order valence-electron chi connectivity index (χ1n) is 9.89. The average molecular weight is 510 g/mol. The van der Waals surface area contributed by atoms with Crippen LogP contribution in [-0.4, -0.2) is 37.8 Å². The molecule has 3 rings (SSSR count). The molecule has 2 aromatic rings. The van der Waals surface area contributed by atoms with Gasteiger partial charge in [-0.3, -0.25) is 0 Å². The molecule has 1 aliphatic rings. The Labute approximate surface area is 184 Å². The highest BCUT2D eigenvalue weighted by molar-refractivity contribution is 14.1. The summed E-state index contributed by atoms with van der Waals surface area (Å²) in [5.41, 5.74) is 0. The number of halogens is 1. The van der Waals surface area contributed by atoms with E-state index in [0.717, 1.165) is 10.2 Å². The monoisotopic (exact) mass is 510 g/mol. The average Bonchev–Trinajstić information content (AvgIpc) is 2.94. The van der Waals surface area contributed by atoms with Crippen LogP contribution in [0, 0.1) is 0 Å². The van der Waals surface area contributed by atoms with Gasteiger partial charge in [0.1, 0.15) is 27.3 Å². The molecule has 1 aliphatic heterocycles. The predicted octanol–water partition coefficient (Wildman–Crippen LogP) is 4.16. The summed E-state index contributed by atoms with van der Waals surface area (Å²) in [6.07, 6.45) is 0.0279. The normalized spacial score (nSPS) is 22.8. The third-order valence-electron chi connectivity index (χ3n) is 5.04. The maximum absolute atomic E-state index is 6.17. The first kappa shape index (κ1) is 21.8. The number of benzene rings is 2. The highest BCUT2D eigenvalue weighted by atomic mass is 127. The summed E-state index contributed by atoms with van der Waals surface area (Å²) >= 11 is 2.35. The zero-order valence-corrected chi connectivity index (χ0v) is 20.8. The molecular formula is C23H31IO3Si. The molecule has 5 heteroatoms. The molecular weight excluding hydrogens is 479 g/mol. The molecule has 0 aromatic heterocycles. The Bertz CT molecular complexity index is 773. The molecule has 0 saturated carbocycles. The van der Waals surface area contributed by atoms with E-state index in [0.29, 0.717) is 6.61 Å². The van der Waals surface area contributed by atoms with Crippen LogP contribution in [0.15, 0.2) is 54.6 Å². The minimum Gasteiger partial charge on any atom is -0.491 e. The Kier molecular flexibility index (Phi) is 6.90. The van der Waals surface area contributed by atoms with Gasteiger partial charge in [0.05, 0.1) is 6.10 Å². The van der Waals surface area contributed by atoms with Crippen molar-refractivity contribution in [3.05, 3.63) is 54.6 Å². The molecule has 1 fully saturated rings. The first-order chi connectivity index (χ1) is 13.2. The highest BCUT2D eigenvalue weighted by Crippen LogP contribution is 2.30. The fourth-order valence-corrected chi connectivity index (χ4v) is 8.35. The van der Waals surface area contributed by atoms with Gasteiger partial charge in [0.25, 0.3) is 0 Å². The number of ether oxygens (including phenoxy) is 3. The van der Waals surface area contributed by atoms with Crippen LogP contribution in [0.5, 0.6) is 5.75 Å². The smallest absolute Gasteiger partial charge is 0.163 e. The van der Waals surface area contributed by atoms with E-state index in [1.54, 1.807) is 0 Å². The van der Waals surface area contributed by atoms with Crippen molar-refractivity contribution in [3.63, 3.8) is 0 Å². The van der Waals surface area contributed by atoms with Crippen LogP contribution in [0.2, 0.25) is 5.04 Å². The minimum absolute atomic E-state index is 0.0414. The van der Waals surface area contributed by atoms with Crippen LogP contribution >= 0.6 is 22.6 Å². The molecule has 2 aromatic carbocycles. The van der Waals surface area contributed by atoms with E-state index in [4.69, 9.17) is 14.2 Å². The molecule has 0 spiro atoms. The van der Waals surface area contributed by atoms with Gasteiger partial charge in [0.2, 0.25) is 0 Å². The van der Waals surface area contributed by atoms with Gasteiger partial charge in [-0.25, -0.2) is 0 Å². The van der Waals surface area contributed by atoms with Gasteiger partial charge in [-0.1, -0.05) is 96.2 Å². The Morgan fingerprint density at radius 1 is 0.964 bits per heavy atom. The van der Waals surface area contributed by atoms with Crippen LogP contribution < -0.4 is 15.1 Å². The quantitative estimate of drug-likeness (QED) is 0.332. The maximum atomic E-state index is 6.17. The van der Waals surface area contributed by atoms with Crippen molar-refractivity contribution in [2.45, 2.75) is 57.7 Å². The van der Waals surface area contributed by atoms with Gasteiger partial charge in [-0.05, 0) is 31.0 Å². The summed E-state index contributed by atoms with van der Waals surface area (Å²) < 4.78 is 19.1. The van der Waals surface area contributed by atoms with Crippen LogP contribution in [-0.2, 0) is 9.47 Å². The van der Waals surface area contributed by atoms with E-state index in [1.165, 1.54) is 10.4 Å². The highest BCUT2D eigenvalue weighted by Gasteiger charge is 2.41. The molecule has 3 nitrogen and oxygen atoms in total. The first-order valence-corrected chi connectivity index (χ1v) is 13.1. The molecule has 1 unspecified atom stereocenters. The fourth-order valence-electron chi connectivity index (χ4n) is 3.98. The van der Waals surface area contributed by atoms with Gasteiger partial charge in [-0.15, -0.1) is 0 Å². The lowest BCUT2D eigenvalue weighted by Crippen LogP contribution is -2.48. The summed E-state index contributed by atoms with van der Waals surface area (Å²) in [5, 5.41) is 3.11. The van der Waals surface area contributed by atoms with Crippen LogP contribution in [0.4, 0.5) is 0 Å². The van der Waals surface area contributed by atoms with E-state index in [2.05, 4.69) is 91.9 Å². The molecule has 28 heavy (non-hydrogen) atoms. The molecule has 0 bridgehead atoms. The van der Waals surface area contributed by atoms with E-state index in [9.17, 15) is 0 Å². The van der Waals surface area contributed by atoms with E-state index >= 15 is 0 Å². The summed E-state index contributed by atoms with van der Waals surface area (Å²) in [6.45, 7) is 11.5. The van der Waals surface area contributed by atoms with Crippen LogP contribution in [0.3, 0.4) is 0 Å². The van der Waals surface area contributed by atoms with Crippen molar-refractivity contribution in [1.29, 1.82) is 0 Å². The Hall–Kier alpha value is -0.893. The number of rotatable bonds is 6. The summed E-state index contributed by atoms with van der Waals surface area (Å²) in [5.74, 6) is 0.374. The van der Waals surface area contributed by atoms with Gasteiger partial charge in [-0.2, -0.15) is 0 Å². The zero-order valence-electron chi connectivity index (χ0n) is 17.4. The van der Waals surface area contributed by atoms with Gasteiger partial charge < -0.3 is 14.2 Å². The van der Waals surface area contributed by atoms with Gasteiger partial charge >= 0.3 is 0 Å². The second kappa shape index (κ2) is 8.86. The van der Waals surface area contributed by atoms with Crippen molar-refractivity contribution in [3.8, 4) is 5.75 Å². The van der Waals surface area contributed by atoms with E-state index in [-0.39, 0.29) is 17.2 Å². The second-order valence-corrected chi connectivity index (χ2v) is 13.8. The topological polar surface area (TPSA) is 27.7 Å². The molecule has 1 heterocycles. The third-order valence-corrected chi connectivity index (χ3v) is 9.72. The molecule has 1 saturated heterocycles. The number of hydrogen-bond acceptors (Lipinski definition) is 3. The van der Waals surface area contributed by atoms with Crippen molar-refractivity contribution in [1.82, 2.24) is 0 Å². The van der Waals surface area contributed by atoms with Crippen LogP contribution in [0.25, 0.3) is 0 Å². The fraction of sp³-hybridized carbons (Fsp3) is 0.478. The molecule has 0 aliphatic carbocycles. The molecule has 0 radical (unpaired) electrons. The summed E-state index contributed by atoms with van der Waals surface area (Å²) in [7, 11) is -1.40.